The molecule has 0 amide bonds. The Morgan fingerprint density at radius 2 is 2.10 bits per heavy atom. The first-order chi connectivity index (χ1) is 9.67. The second kappa shape index (κ2) is 5.92. The lowest BCUT2D eigenvalue weighted by Gasteiger charge is -2.21. The summed E-state index contributed by atoms with van der Waals surface area (Å²) < 4.78 is 5.33. The summed E-state index contributed by atoms with van der Waals surface area (Å²) in [7, 11) is 3.49. The van der Waals surface area contributed by atoms with Crippen molar-refractivity contribution in [1.29, 1.82) is 0 Å². The molecule has 0 aliphatic heterocycles. The maximum atomic E-state index is 8.73. The van der Waals surface area contributed by atoms with Crippen molar-refractivity contribution in [2.45, 2.75) is 0 Å². The molecule has 0 aliphatic rings. The van der Waals surface area contributed by atoms with Gasteiger partial charge in [-0.25, -0.2) is 4.98 Å². The minimum absolute atomic E-state index is 0.0436. The van der Waals surface area contributed by atoms with Gasteiger partial charge in [0.25, 0.3) is 0 Å². The lowest BCUT2D eigenvalue weighted by molar-refractivity contribution is 0.318. The minimum Gasteiger partial charge on any atom is -0.495 e. The van der Waals surface area contributed by atoms with E-state index in [0.29, 0.717) is 11.4 Å². The van der Waals surface area contributed by atoms with E-state index in [-0.39, 0.29) is 5.84 Å². The number of benzene rings is 1. The van der Waals surface area contributed by atoms with Gasteiger partial charge >= 0.3 is 0 Å². The minimum atomic E-state index is 0.0436. The van der Waals surface area contributed by atoms with Gasteiger partial charge in [0, 0.05) is 18.8 Å². The summed E-state index contributed by atoms with van der Waals surface area (Å²) in [6.07, 6.45) is 1.61. The van der Waals surface area contributed by atoms with Crippen molar-refractivity contribution < 1.29 is 9.94 Å². The number of hydrogen-bond donors (Lipinski definition) is 2. The average molecular weight is 272 g/mol. The summed E-state index contributed by atoms with van der Waals surface area (Å²) in [5, 5.41) is 11.7. The number of nitrogens with zero attached hydrogens (tertiary/aromatic N) is 3. The smallest absolute Gasteiger partial charge is 0.170 e. The van der Waals surface area contributed by atoms with Crippen molar-refractivity contribution in [3.8, 4) is 5.75 Å². The monoisotopic (exact) mass is 272 g/mol. The van der Waals surface area contributed by atoms with Crippen LogP contribution in [0.5, 0.6) is 5.75 Å². The molecule has 20 heavy (non-hydrogen) atoms. The molecule has 0 saturated heterocycles. The van der Waals surface area contributed by atoms with Crippen molar-refractivity contribution in [3.63, 3.8) is 0 Å². The largest absolute Gasteiger partial charge is 0.495 e. The molecule has 6 nitrogen and oxygen atoms in total. The van der Waals surface area contributed by atoms with Crippen LogP contribution in [0.25, 0.3) is 0 Å². The van der Waals surface area contributed by atoms with E-state index < -0.39 is 0 Å². The van der Waals surface area contributed by atoms with Gasteiger partial charge in [0.2, 0.25) is 0 Å². The summed E-state index contributed by atoms with van der Waals surface area (Å²) in [5.41, 5.74) is 7.06. The number of aromatic nitrogens is 1. The third kappa shape index (κ3) is 2.64. The average Bonchev–Trinajstić information content (AvgIpc) is 2.53. The van der Waals surface area contributed by atoms with E-state index in [1.54, 1.807) is 25.4 Å². The van der Waals surface area contributed by atoms with Crippen LogP contribution in [0.2, 0.25) is 0 Å². The number of ether oxygens (including phenoxy) is 1. The quantitative estimate of drug-likeness (QED) is 0.384. The number of methoxy groups -OCH3 is 1. The number of amidine groups is 1. The second-order valence-electron chi connectivity index (χ2n) is 4.12. The fourth-order valence-electron chi connectivity index (χ4n) is 1.85. The molecule has 2 rings (SSSR count). The highest BCUT2D eigenvalue weighted by molar-refractivity contribution is 5.97. The summed E-state index contributed by atoms with van der Waals surface area (Å²) >= 11 is 0. The number of nitrogens with two attached hydrogens (primary N) is 1. The van der Waals surface area contributed by atoms with Gasteiger partial charge in [-0.3, -0.25) is 0 Å². The fourth-order valence-corrected chi connectivity index (χ4v) is 1.85. The zero-order chi connectivity index (χ0) is 14.5. The Kier molecular flexibility index (Phi) is 4.05. The zero-order valence-corrected chi connectivity index (χ0v) is 11.3. The third-order valence-electron chi connectivity index (χ3n) is 2.94. The molecule has 0 unspecified atom stereocenters. The van der Waals surface area contributed by atoms with Crippen LogP contribution >= 0.6 is 0 Å². The molecular formula is C14H16N4O2. The van der Waals surface area contributed by atoms with E-state index in [2.05, 4.69) is 10.1 Å². The molecule has 0 radical (unpaired) electrons. The Morgan fingerprint density at radius 3 is 2.80 bits per heavy atom. The molecule has 0 spiro atoms. The van der Waals surface area contributed by atoms with E-state index >= 15 is 0 Å². The number of hydrogen-bond acceptors (Lipinski definition) is 5. The topological polar surface area (TPSA) is 84.0 Å². The lowest BCUT2D eigenvalue weighted by Crippen LogP contribution is -2.16. The molecule has 0 atom stereocenters. The fraction of sp³-hybridized carbons (Fsp3) is 0.143. The van der Waals surface area contributed by atoms with Crippen LogP contribution in [0.4, 0.5) is 11.5 Å². The number of para-hydroxylation sites is 2. The van der Waals surface area contributed by atoms with Crippen molar-refractivity contribution in [2.24, 2.45) is 10.9 Å². The summed E-state index contributed by atoms with van der Waals surface area (Å²) in [6.45, 7) is 0. The molecule has 2 aromatic rings. The maximum Gasteiger partial charge on any atom is 0.170 e. The molecule has 0 bridgehead atoms. The number of pyridine rings is 1. The first-order valence-electron chi connectivity index (χ1n) is 5.98. The molecule has 1 aromatic carbocycles. The molecule has 0 saturated carbocycles. The van der Waals surface area contributed by atoms with Gasteiger partial charge in [-0.2, -0.15) is 0 Å². The molecule has 1 aromatic heterocycles. The van der Waals surface area contributed by atoms with Gasteiger partial charge < -0.3 is 20.6 Å². The van der Waals surface area contributed by atoms with E-state index in [0.717, 1.165) is 11.4 Å². The first kappa shape index (κ1) is 13.7. The van der Waals surface area contributed by atoms with Crippen LogP contribution in [0.1, 0.15) is 5.56 Å². The molecule has 0 fully saturated rings. The van der Waals surface area contributed by atoms with Crippen molar-refractivity contribution >= 4 is 17.3 Å². The van der Waals surface area contributed by atoms with Gasteiger partial charge in [0.15, 0.2) is 5.84 Å². The van der Waals surface area contributed by atoms with E-state index in [1.807, 2.05) is 36.2 Å². The Hall–Kier alpha value is -2.76. The highest BCUT2D eigenvalue weighted by atomic mass is 16.5. The molecule has 3 N–H and O–H groups in total. The zero-order valence-electron chi connectivity index (χ0n) is 11.3. The van der Waals surface area contributed by atoms with Crippen LogP contribution in [0, 0.1) is 0 Å². The highest BCUT2D eigenvalue weighted by Crippen LogP contribution is 2.31. The second-order valence-corrected chi connectivity index (χ2v) is 4.12. The number of rotatable bonds is 4. The van der Waals surface area contributed by atoms with Gasteiger partial charge in [-0.1, -0.05) is 17.3 Å². The van der Waals surface area contributed by atoms with Crippen LogP contribution in [0.15, 0.2) is 47.8 Å². The predicted octanol–water partition coefficient (Wildman–Crippen LogP) is 1.95. The van der Waals surface area contributed by atoms with Gasteiger partial charge in [0.1, 0.15) is 11.6 Å². The number of oxime groups is 1. The van der Waals surface area contributed by atoms with Crippen LogP contribution in [-0.4, -0.2) is 30.2 Å². The first-order valence-corrected chi connectivity index (χ1v) is 5.98. The van der Waals surface area contributed by atoms with Crippen LogP contribution < -0.4 is 15.4 Å². The summed E-state index contributed by atoms with van der Waals surface area (Å²) in [6, 6.07) is 11.0. The van der Waals surface area contributed by atoms with Crippen molar-refractivity contribution in [3.05, 3.63) is 48.2 Å². The van der Waals surface area contributed by atoms with Gasteiger partial charge in [0.05, 0.1) is 12.8 Å². The predicted molar refractivity (Wildman–Crippen MR) is 77.8 cm³/mol. The van der Waals surface area contributed by atoms with E-state index in [1.165, 1.54) is 0 Å². The Labute approximate surface area is 117 Å². The Balaban J connectivity index is 2.41. The van der Waals surface area contributed by atoms with Crippen LogP contribution in [0.3, 0.4) is 0 Å². The Bertz CT molecular complexity index is 628. The van der Waals surface area contributed by atoms with Gasteiger partial charge in [-0.15, -0.1) is 0 Å². The normalized spacial score (nSPS) is 11.2. The van der Waals surface area contributed by atoms with Gasteiger partial charge in [-0.05, 0) is 24.3 Å². The summed E-state index contributed by atoms with van der Waals surface area (Å²) in [5.74, 6) is 1.45. The van der Waals surface area contributed by atoms with Crippen LogP contribution in [-0.2, 0) is 0 Å². The maximum absolute atomic E-state index is 8.73. The molecular weight excluding hydrogens is 256 g/mol. The van der Waals surface area contributed by atoms with E-state index in [4.69, 9.17) is 15.7 Å². The SMILES string of the molecule is COc1ccccc1N(C)c1cc(C(N)=NO)ccn1. The van der Waals surface area contributed by atoms with E-state index in [9.17, 15) is 0 Å². The summed E-state index contributed by atoms with van der Waals surface area (Å²) in [4.78, 5) is 6.15. The standard InChI is InChI=1S/C14H16N4O2/c1-18(11-5-3-4-6-12(11)20-2)13-9-10(7-8-16-13)14(15)17-19/h3-9,19H,1-2H3,(H2,15,17). The molecule has 6 heteroatoms. The molecule has 1 heterocycles. The number of anilines is 2. The molecule has 0 aliphatic carbocycles. The van der Waals surface area contributed by atoms with Crippen molar-refractivity contribution in [2.75, 3.05) is 19.1 Å². The van der Waals surface area contributed by atoms with Crippen molar-refractivity contribution in [1.82, 2.24) is 4.98 Å². The Morgan fingerprint density at radius 1 is 1.35 bits per heavy atom. The highest BCUT2D eigenvalue weighted by Gasteiger charge is 2.11. The lowest BCUT2D eigenvalue weighted by atomic mass is 10.2. The third-order valence-corrected chi connectivity index (χ3v) is 2.94. The molecule has 104 valence electrons.